The van der Waals surface area contributed by atoms with E-state index in [2.05, 4.69) is 0 Å². The fourth-order valence-corrected chi connectivity index (χ4v) is 3.93. The Balaban J connectivity index is 1.99. The van der Waals surface area contributed by atoms with Crippen LogP contribution >= 0.6 is 0 Å². The van der Waals surface area contributed by atoms with E-state index in [4.69, 9.17) is 9.47 Å². The smallest absolute Gasteiger partial charge is 0.339 e. The number of rotatable bonds is 3. The first-order valence-electron chi connectivity index (χ1n) is 8.38. The van der Waals surface area contributed by atoms with Crippen LogP contribution in [0, 0.1) is 6.92 Å². The molecule has 2 fully saturated rings. The van der Waals surface area contributed by atoms with Gasteiger partial charge in [0.1, 0.15) is 11.3 Å². The Morgan fingerprint density at radius 2 is 1.96 bits per heavy atom. The van der Waals surface area contributed by atoms with E-state index in [9.17, 15) is 19.8 Å². The van der Waals surface area contributed by atoms with E-state index in [1.807, 2.05) is 0 Å². The third kappa shape index (κ3) is 3.09. The normalized spacial score (nSPS) is 22.2. The van der Waals surface area contributed by atoms with Gasteiger partial charge in [0.15, 0.2) is 0 Å². The molecule has 1 atom stereocenters. The van der Waals surface area contributed by atoms with Gasteiger partial charge in [0, 0.05) is 25.3 Å². The summed E-state index contributed by atoms with van der Waals surface area (Å²) in [5.74, 6) is -1.17. The molecule has 3 rings (SSSR count). The second kappa shape index (κ2) is 6.65. The van der Waals surface area contributed by atoms with Crippen LogP contribution in [0.2, 0.25) is 0 Å². The predicted molar refractivity (Wildman–Crippen MR) is 89.1 cm³/mol. The zero-order chi connectivity index (χ0) is 18.2. The third-order valence-electron chi connectivity index (χ3n) is 5.26. The van der Waals surface area contributed by atoms with Gasteiger partial charge in [-0.1, -0.05) is 0 Å². The molecule has 1 aromatic rings. The van der Waals surface area contributed by atoms with Crippen molar-refractivity contribution in [3.05, 3.63) is 28.8 Å². The lowest BCUT2D eigenvalue weighted by molar-refractivity contribution is -0.00356. The van der Waals surface area contributed by atoms with E-state index in [1.165, 1.54) is 13.2 Å². The van der Waals surface area contributed by atoms with Crippen molar-refractivity contribution in [2.75, 3.05) is 26.9 Å². The number of aliphatic hydroxyl groups excluding tert-OH is 1. The Morgan fingerprint density at radius 3 is 2.56 bits per heavy atom. The summed E-state index contributed by atoms with van der Waals surface area (Å²) in [5.41, 5.74) is 0.524. The van der Waals surface area contributed by atoms with Crippen molar-refractivity contribution in [3.63, 3.8) is 0 Å². The molecular formula is C18H23NO6. The van der Waals surface area contributed by atoms with Gasteiger partial charge in [0.05, 0.1) is 18.8 Å². The van der Waals surface area contributed by atoms with E-state index in [1.54, 1.807) is 17.9 Å². The molecule has 25 heavy (non-hydrogen) atoms. The number of β-amino-alcohol motifs (C(OH)–C–C–N with tert-alkyl or cyclic N) is 1. The van der Waals surface area contributed by atoms with Crippen LogP contribution in [-0.4, -0.2) is 65.5 Å². The molecule has 0 aromatic heterocycles. The summed E-state index contributed by atoms with van der Waals surface area (Å²) >= 11 is 0. The second-order valence-electron chi connectivity index (χ2n) is 6.78. The molecule has 2 N–H and O–H groups in total. The quantitative estimate of drug-likeness (QED) is 0.858. The molecule has 2 aliphatic heterocycles. The van der Waals surface area contributed by atoms with Gasteiger partial charge < -0.3 is 24.6 Å². The van der Waals surface area contributed by atoms with Crippen LogP contribution in [0.1, 0.15) is 45.5 Å². The minimum atomic E-state index is -1.15. The first kappa shape index (κ1) is 17.7. The van der Waals surface area contributed by atoms with Crippen molar-refractivity contribution in [2.45, 2.75) is 37.8 Å². The molecule has 1 spiro atoms. The topological polar surface area (TPSA) is 96.3 Å². The Labute approximate surface area is 146 Å². The van der Waals surface area contributed by atoms with Crippen molar-refractivity contribution in [1.29, 1.82) is 0 Å². The average Bonchev–Trinajstić information content (AvgIpc) is 2.89. The number of ether oxygens (including phenoxy) is 2. The Kier molecular flexibility index (Phi) is 4.71. The average molecular weight is 349 g/mol. The van der Waals surface area contributed by atoms with E-state index in [0.717, 1.165) is 0 Å². The number of carbonyl (C=O) groups is 2. The maximum atomic E-state index is 13.2. The fraction of sp³-hybridized carbons (Fsp3) is 0.556. The van der Waals surface area contributed by atoms with Gasteiger partial charge in [0.2, 0.25) is 0 Å². The van der Waals surface area contributed by atoms with Gasteiger partial charge in [0.25, 0.3) is 5.91 Å². The zero-order valence-corrected chi connectivity index (χ0v) is 14.4. The largest absolute Gasteiger partial charge is 0.496 e. The van der Waals surface area contributed by atoms with Crippen LogP contribution in [0.3, 0.4) is 0 Å². The number of aliphatic hydroxyl groups is 1. The van der Waals surface area contributed by atoms with Crippen LogP contribution in [0.25, 0.3) is 0 Å². The number of carboxylic acids is 1. The molecular weight excluding hydrogens is 326 g/mol. The highest BCUT2D eigenvalue weighted by molar-refractivity contribution is 6.00. The molecule has 0 bridgehead atoms. The minimum Gasteiger partial charge on any atom is -0.496 e. The second-order valence-corrected chi connectivity index (χ2v) is 6.78. The Hall–Kier alpha value is -2.12. The van der Waals surface area contributed by atoms with E-state index >= 15 is 0 Å². The van der Waals surface area contributed by atoms with Crippen LogP contribution in [0.4, 0.5) is 0 Å². The Morgan fingerprint density at radius 1 is 1.28 bits per heavy atom. The van der Waals surface area contributed by atoms with E-state index < -0.39 is 17.6 Å². The summed E-state index contributed by atoms with van der Waals surface area (Å²) in [6.07, 6.45) is 1.32. The monoisotopic (exact) mass is 349 g/mol. The number of methoxy groups -OCH3 is 1. The maximum Gasteiger partial charge on any atom is 0.339 e. The molecule has 2 heterocycles. The fourth-order valence-electron chi connectivity index (χ4n) is 3.93. The van der Waals surface area contributed by atoms with Crippen molar-refractivity contribution < 1.29 is 29.3 Å². The maximum absolute atomic E-state index is 13.2. The molecule has 2 saturated heterocycles. The summed E-state index contributed by atoms with van der Waals surface area (Å²) in [5, 5.41) is 19.5. The molecule has 1 unspecified atom stereocenters. The number of aromatic carboxylic acids is 1. The molecule has 7 nitrogen and oxygen atoms in total. The molecule has 1 amide bonds. The number of amides is 1. The summed E-state index contributed by atoms with van der Waals surface area (Å²) in [6, 6.07) is 2.94. The summed E-state index contributed by atoms with van der Waals surface area (Å²) in [7, 11) is 1.40. The number of carboxylic acid groups (broad SMARTS) is 1. The molecule has 1 aromatic carbocycles. The summed E-state index contributed by atoms with van der Waals surface area (Å²) in [6.45, 7) is 3.12. The number of aryl methyl sites for hydroxylation is 1. The molecule has 0 saturated carbocycles. The lowest BCUT2D eigenvalue weighted by Gasteiger charge is -2.41. The molecule has 0 radical (unpaired) electrons. The summed E-state index contributed by atoms with van der Waals surface area (Å²) in [4.78, 5) is 26.4. The minimum absolute atomic E-state index is 0.0442. The van der Waals surface area contributed by atoms with Gasteiger partial charge >= 0.3 is 5.97 Å². The Bertz CT molecular complexity index is 695. The summed E-state index contributed by atoms with van der Waals surface area (Å²) < 4.78 is 10.5. The van der Waals surface area contributed by atoms with Crippen LogP contribution < -0.4 is 4.74 Å². The standard InChI is InChI=1S/C18H23NO6/c1-11-7-15(24-2)14(17(22)23)8-13(11)16(21)19-10-12(20)9-18(19)3-5-25-6-4-18/h7-8,12,20H,3-6,9-10H2,1-2H3,(H,22,23). The lowest BCUT2D eigenvalue weighted by Crippen LogP contribution is -2.50. The van der Waals surface area contributed by atoms with E-state index in [-0.39, 0.29) is 23.8 Å². The first-order valence-corrected chi connectivity index (χ1v) is 8.38. The molecule has 7 heteroatoms. The highest BCUT2D eigenvalue weighted by Gasteiger charge is 2.48. The highest BCUT2D eigenvalue weighted by atomic mass is 16.5. The number of nitrogens with zero attached hydrogens (tertiary/aromatic N) is 1. The predicted octanol–water partition coefficient (Wildman–Crippen LogP) is 1.46. The van der Waals surface area contributed by atoms with Gasteiger partial charge in [-0.2, -0.15) is 0 Å². The van der Waals surface area contributed by atoms with Gasteiger partial charge in [-0.05, 0) is 43.9 Å². The first-order chi connectivity index (χ1) is 11.9. The van der Waals surface area contributed by atoms with Gasteiger partial charge in [-0.15, -0.1) is 0 Å². The number of benzene rings is 1. The number of carbonyl (C=O) groups excluding carboxylic acids is 1. The van der Waals surface area contributed by atoms with Crippen molar-refractivity contribution in [2.24, 2.45) is 0 Å². The third-order valence-corrected chi connectivity index (χ3v) is 5.26. The van der Waals surface area contributed by atoms with Crippen LogP contribution in [-0.2, 0) is 4.74 Å². The van der Waals surface area contributed by atoms with Crippen molar-refractivity contribution in [1.82, 2.24) is 4.90 Å². The number of likely N-dealkylation sites (tertiary alicyclic amines) is 1. The van der Waals surface area contributed by atoms with E-state index in [0.29, 0.717) is 43.6 Å². The number of hydrogen-bond acceptors (Lipinski definition) is 5. The molecule has 136 valence electrons. The zero-order valence-electron chi connectivity index (χ0n) is 14.4. The molecule has 0 aliphatic carbocycles. The highest BCUT2D eigenvalue weighted by Crippen LogP contribution is 2.39. The number of hydrogen-bond donors (Lipinski definition) is 2. The van der Waals surface area contributed by atoms with Gasteiger partial charge in [-0.25, -0.2) is 4.79 Å². The SMILES string of the molecule is COc1cc(C)c(C(=O)N2CC(O)CC23CCOCC3)cc1C(=O)O. The van der Waals surface area contributed by atoms with Crippen molar-refractivity contribution in [3.8, 4) is 5.75 Å². The molecule has 2 aliphatic rings. The van der Waals surface area contributed by atoms with Crippen LogP contribution in [0.5, 0.6) is 5.75 Å². The lowest BCUT2D eigenvalue weighted by atomic mass is 9.86. The van der Waals surface area contributed by atoms with Crippen LogP contribution in [0.15, 0.2) is 12.1 Å². The van der Waals surface area contributed by atoms with Gasteiger partial charge in [-0.3, -0.25) is 4.79 Å². The van der Waals surface area contributed by atoms with Crippen molar-refractivity contribution >= 4 is 11.9 Å².